The Balaban J connectivity index is 2.47. The van der Waals surface area contributed by atoms with Gasteiger partial charge in [-0.25, -0.2) is 0 Å². The Morgan fingerprint density at radius 3 is 2.55 bits per heavy atom. The van der Waals surface area contributed by atoms with Crippen LogP contribution in [0.15, 0.2) is 11.3 Å². The Hall–Kier alpha value is -0.540. The fourth-order valence-corrected chi connectivity index (χ4v) is 1.29. The number of rotatable bonds is 4. The first-order chi connectivity index (χ1) is 5.38. The van der Waals surface area contributed by atoms with Gasteiger partial charge in [0.25, 0.3) is 0 Å². The van der Waals surface area contributed by atoms with E-state index in [0.29, 0.717) is 19.4 Å². The van der Waals surface area contributed by atoms with Crippen molar-refractivity contribution < 1.29 is 14.9 Å². The standard InChI is InChI=1S/C8H14O3/c9-4-1-7-3-6-11-8(7)2-5-10/h9-10H,1-6H2. The molecule has 0 atom stereocenters. The van der Waals surface area contributed by atoms with Crippen molar-refractivity contribution in [2.45, 2.75) is 19.3 Å². The Labute approximate surface area is 66.3 Å². The molecule has 0 aromatic carbocycles. The number of ether oxygens (including phenoxy) is 1. The minimum absolute atomic E-state index is 0.129. The van der Waals surface area contributed by atoms with E-state index in [2.05, 4.69) is 0 Å². The zero-order valence-corrected chi connectivity index (χ0v) is 6.55. The summed E-state index contributed by atoms with van der Waals surface area (Å²) in [5.41, 5.74) is 1.17. The third-order valence-corrected chi connectivity index (χ3v) is 1.83. The molecule has 0 spiro atoms. The number of aliphatic hydroxyl groups excluding tert-OH is 2. The van der Waals surface area contributed by atoms with Crippen molar-refractivity contribution in [1.29, 1.82) is 0 Å². The third kappa shape index (κ3) is 2.20. The smallest absolute Gasteiger partial charge is 0.0976 e. The Kier molecular flexibility index (Phi) is 3.39. The average molecular weight is 158 g/mol. The topological polar surface area (TPSA) is 49.7 Å². The van der Waals surface area contributed by atoms with E-state index in [4.69, 9.17) is 14.9 Å². The molecule has 1 aliphatic rings. The summed E-state index contributed by atoms with van der Waals surface area (Å²) < 4.78 is 5.27. The fourth-order valence-electron chi connectivity index (χ4n) is 1.29. The van der Waals surface area contributed by atoms with Crippen LogP contribution >= 0.6 is 0 Å². The van der Waals surface area contributed by atoms with E-state index in [1.54, 1.807) is 0 Å². The van der Waals surface area contributed by atoms with Gasteiger partial charge in [-0.05, 0) is 12.0 Å². The minimum Gasteiger partial charge on any atom is -0.498 e. The summed E-state index contributed by atoms with van der Waals surface area (Å²) in [6.07, 6.45) is 2.20. The van der Waals surface area contributed by atoms with Crippen molar-refractivity contribution in [2.24, 2.45) is 0 Å². The second-order valence-corrected chi connectivity index (χ2v) is 2.57. The van der Waals surface area contributed by atoms with Gasteiger partial charge < -0.3 is 14.9 Å². The summed E-state index contributed by atoms with van der Waals surface area (Å²) in [7, 11) is 0. The van der Waals surface area contributed by atoms with Gasteiger partial charge in [0.1, 0.15) is 0 Å². The lowest BCUT2D eigenvalue weighted by atomic mass is 10.1. The highest BCUT2D eigenvalue weighted by atomic mass is 16.5. The summed E-state index contributed by atoms with van der Waals surface area (Å²) in [6.45, 7) is 1.02. The van der Waals surface area contributed by atoms with Crippen LogP contribution in [0.4, 0.5) is 0 Å². The first kappa shape index (κ1) is 8.56. The van der Waals surface area contributed by atoms with Crippen LogP contribution in [0, 0.1) is 0 Å². The summed E-state index contributed by atoms with van der Waals surface area (Å²) in [4.78, 5) is 0. The molecule has 0 aromatic rings. The predicted molar refractivity (Wildman–Crippen MR) is 41.0 cm³/mol. The lowest BCUT2D eigenvalue weighted by molar-refractivity contribution is 0.207. The first-order valence-electron chi connectivity index (χ1n) is 3.94. The van der Waals surface area contributed by atoms with Gasteiger partial charge in [0, 0.05) is 19.4 Å². The number of hydrogen-bond donors (Lipinski definition) is 2. The summed E-state index contributed by atoms with van der Waals surface area (Å²) in [5, 5.41) is 17.3. The van der Waals surface area contributed by atoms with E-state index in [1.807, 2.05) is 0 Å². The van der Waals surface area contributed by atoms with Gasteiger partial charge in [-0.1, -0.05) is 0 Å². The maximum Gasteiger partial charge on any atom is 0.0976 e. The summed E-state index contributed by atoms with van der Waals surface area (Å²) >= 11 is 0. The van der Waals surface area contributed by atoms with Gasteiger partial charge in [0.05, 0.1) is 19.0 Å². The van der Waals surface area contributed by atoms with Crippen molar-refractivity contribution in [3.63, 3.8) is 0 Å². The molecule has 0 amide bonds. The van der Waals surface area contributed by atoms with Crippen molar-refractivity contribution in [3.8, 4) is 0 Å². The van der Waals surface area contributed by atoms with Crippen LogP contribution < -0.4 is 0 Å². The molecule has 0 aromatic heterocycles. The Bertz CT molecular complexity index is 135. The van der Waals surface area contributed by atoms with E-state index in [9.17, 15) is 0 Å². The first-order valence-corrected chi connectivity index (χ1v) is 3.94. The highest BCUT2D eigenvalue weighted by Gasteiger charge is 2.14. The molecule has 0 aliphatic carbocycles. The summed E-state index contributed by atoms with van der Waals surface area (Å²) in [6, 6.07) is 0. The van der Waals surface area contributed by atoms with Crippen molar-refractivity contribution >= 4 is 0 Å². The van der Waals surface area contributed by atoms with Crippen LogP contribution in [-0.2, 0) is 4.74 Å². The molecule has 0 radical (unpaired) electrons. The molecule has 0 saturated heterocycles. The van der Waals surface area contributed by atoms with Crippen molar-refractivity contribution in [1.82, 2.24) is 0 Å². The predicted octanol–water partition coefficient (Wildman–Crippen LogP) is 0.426. The maximum absolute atomic E-state index is 8.66. The van der Waals surface area contributed by atoms with E-state index >= 15 is 0 Å². The molecular weight excluding hydrogens is 144 g/mol. The van der Waals surface area contributed by atoms with E-state index in [0.717, 1.165) is 12.2 Å². The zero-order valence-electron chi connectivity index (χ0n) is 6.55. The molecule has 3 nitrogen and oxygen atoms in total. The zero-order chi connectivity index (χ0) is 8.10. The Morgan fingerprint density at radius 2 is 1.91 bits per heavy atom. The molecule has 0 saturated carbocycles. The van der Waals surface area contributed by atoms with Gasteiger partial charge in [-0.15, -0.1) is 0 Å². The van der Waals surface area contributed by atoms with Crippen LogP contribution in [0.1, 0.15) is 19.3 Å². The highest BCUT2D eigenvalue weighted by Crippen LogP contribution is 2.23. The average Bonchev–Trinajstić information content (AvgIpc) is 2.39. The van der Waals surface area contributed by atoms with Crippen LogP contribution in [0.25, 0.3) is 0 Å². The third-order valence-electron chi connectivity index (χ3n) is 1.83. The van der Waals surface area contributed by atoms with E-state index < -0.39 is 0 Å². The lowest BCUT2D eigenvalue weighted by Gasteiger charge is -2.02. The van der Waals surface area contributed by atoms with E-state index in [1.165, 1.54) is 5.57 Å². The number of aliphatic hydroxyl groups is 2. The molecule has 1 rings (SSSR count). The van der Waals surface area contributed by atoms with Crippen LogP contribution in [-0.4, -0.2) is 30.0 Å². The van der Waals surface area contributed by atoms with Crippen molar-refractivity contribution in [3.05, 3.63) is 11.3 Å². The molecule has 0 bridgehead atoms. The molecule has 2 N–H and O–H groups in total. The van der Waals surface area contributed by atoms with Gasteiger partial charge in [0.15, 0.2) is 0 Å². The minimum atomic E-state index is 0.129. The van der Waals surface area contributed by atoms with Crippen molar-refractivity contribution in [2.75, 3.05) is 19.8 Å². The molecule has 3 heteroatoms. The van der Waals surface area contributed by atoms with Crippen LogP contribution in [0.2, 0.25) is 0 Å². The molecular formula is C8H14O3. The second-order valence-electron chi connectivity index (χ2n) is 2.57. The highest BCUT2D eigenvalue weighted by molar-refractivity contribution is 5.12. The van der Waals surface area contributed by atoms with E-state index in [-0.39, 0.29) is 13.2 Å². The molecule has 0 unspecified atom stereocenters. The molecule has 1 aliphatic heterocycles. The largest absolute Gasteiger partial charge is 0.498 e. The van der Waals surface area contributed by atoms with Gasteiger partial charge in [-0.2, -0.15) is 0 Å². The molecule has 1 heterocycles. The molecule has 11 heavy (non-hydrogen) atoms. The fraction of sp³-hybridized carbons (Fsp3) is 0.750. The van der Waals surface area contributed by atoms with Gasteiger partial charge in [0.2, 0.25) is 0 Å². The maximum atomic E-state index is 8.66. The quantitative estimate of drug-likeness (QED) is 0.623. The normalized spacial score (nSPS) is 17.3. The molecule has 64 valence electrons. The Morgan fingerprint density at radius 1 is 1.18 bits per heavy atom. The number of hydrogen-bond acceptors (Lipinski definition) is 3. The van der Waals surface area contributed by atoms with Crippen LogP contribution in [0.5, 0.6) is 0 Å². The SMILES string of the molecule is OCCC1=C(CCO)OCC1. The van der Waals surface area contributed by atoms with Crippen LogP contribution in [0.3, 0.4) is 0 Å². The van der Waals surface area contributed by atoms with Gasteiger partial charge >= 0.3 is 0 Å². The monoisotopic (exact) mass is 158 g/mol. The molecule has 0 fully saturated rings. The summed E-state index contributed by atoms with van der Waals surface area (Å²) in [5.74, 6) is 0.890. The lowest BCUT2D eigenvalue weighted by Crippen LogP contribution is -1.92. The van der Waals surface area contributed by atoms with Gasteiger partial charge in [-0.3, -0.25) is 0 Å². The second kappa shape index (κ2) is 4.36.